The van der Waals surface area contributed by atoms with Gasteiger partial charge in [0.2, 0.25) is 11.8 Å². The van der Waals surface area contributed by atoms with Crippen molar-refractivity contribution in [1.29, 1.82) is 0 Å². The Morgan fingerprint density at radius 3 is 2.61 bits per heavy atom. The van der Waals surface area contributed by atoms with E-state index in [1.807, 2.05) is 42.5 Å². The molecule has 1 aromatic carbocycles. The Labute approximate surface area is 277 Å². The van der Waals surface area contributed by atoms with Crippen molar-refractivity contribution >= 4 is 39.8 Å². The molecule has 2 N–H and O–H groups in total. The molecule has 0 spiro atoms. The molecule has 3 aliphatic rings. The van der Waals surface area contributed by atoms with Crippen molar-refractivity contribution in [2.24, 2.45) is 5.92 Å². The van der Waals surface area contributed by atoms with Crippen molar-refractivity contribution in [2.45, 2.75) is 102 Å². The first-order valence-electron chi connectivity index (χ1n) is 16.1. The third kappa shape index (κ3) is 7.62. The molecule has 2 fully saturated rings. The number of ether oxygens (including phenoxy) is 2. The maximum absolute atomic E-state index is 14.3. The molecule has 1 aromatic heterocycles. The molecule has 1 saturated carbocycles. The number of carbonyl (C=O) groups excluding carboxylic acids is 4. The van der Waals surface area contributed by atoms with Crippen molar-refractivity contribution in [3.8, 4) is 11.3 Å². The lowest BCUT2D eigenvalue weighted by atomic mass is 10.0. The first kappa shape index (κ1) is 33.6. The number of esters is 1. The van der Waals surface area contributed by atoms with Gasteiger partial charge in [0, 0.05) is 24.4 Å². The van der Waals surface area contributed by atoms with Gasteiger partial charge < -0.3 is 25.0 Å². The highest BCUT2D eigenvalue weighted by molar-refractivity contribution is 9.10. The molecular formula is C33H43BrN6O6. The number of fused-ring (bicyclic) bond motifs is 2. The highest BCUT2D eigenvalue weighted by atomic mass is 79.9. The number of benzene rings is 1. The van der Waals surface area contributed by atoms with Gasteiger partial charge in [-0.2, -0.15) is 9.90 Å². The van der Waals surface area contributed by atoms with Gasteiger partial charge >= 0.3 is 12.1 Å². The summed E-state index contributed by atoms with van der Waals surface area (Å²) < 4.78 is 11.4. The predicted molar refractivity (Wildman–Crippen MR) is 173 cm³/mol. The van der Waals surface area contributed by atoms with Gasteiger partial charge in [-0.05, 0) is 69.3 Å². The number of rotatable bonds is 5. The molecule has 2 aliphatic heterocycles. The molecule has 0 bridgehead atoms. The quantitative estimate of drug-likeness (QED) is 0.338. The van der Waals surface area contributed by atoms with E-state index in [0.29, 0.717) is 29.6 Å². The van der Waals surface area contributed by atoms with Crippen LogP contribution in [0.15, 0.2) is 47.1 Å². The summed E-state index contributed by atoms with van der Waals surface area (Å²) >= 11 is 3.52. The van der Waals surface area contributed by atoms with Gasteiger partial charge in [0.1, 0.15) is 28.9 Å². The zero-order chi connectivity index (χ0) is 33.1. The van der Waals surface area contributed by atoms with Crippen LogP contribution in [0.3, 0.4) is 0 Å². The molecule has 2 aromatic rings. The van der Waals surface area contributed by atoms with Crippen LogP contribution in [0.5, 0.6) is 0 Å². The molecule has 5 rings (SSSR count). The van der Waals surface area contributed by atoms with E-state index in [9.17, 15) is 19.2 Å². The van der Waals surface area contributed by atoms with Gasteiger partial charge in [-0.25, -0.2) is 9.59 Å². The van der Waals surface area contributed by atoms with Crippen LogP contribution in [0.4, 0.5) is 4.79 Å². The highest BCUT2D eigenvalue weighted by Gasteiger charge is 2.62. The number of alkyl carbamates (subject to hydrolysis) is 1. The molecule has 1 saturated heterocycles. The van der Waals surface area contributed by atoms with Crippen molar-refractivity contribution in [2.75, 3.05) is 13.2 Å². The Kier molecular flexibility index (Phi) is 10.2. The fourth-order valence-electron chi connectivity index (χ4n) is 6.18. The second kappa shape index (κ2) is 13.9. The van der Waals surface area contributed by atoms with Crippen LogP contribution in [0.2, 0.25) is 0 Å². The van der Waals surface area contributed by atoms with E-state index < -0.39 is 53.1 Å². The van der Waals surface area contributed by atoms with E-state index in [-0.39, 0.29) is 25.5 Å². The molecule has 46 heavy (non-hydrogen) atoms. The van der Waals surface area contributed by atoms with E-state index in [0.717, 1.165) is 24.8 Å². The van der Waals surface area contributed by atoms with E-state index in [1.165, 1.54) is 4.90 Å². The smallest absolute Gasteiger partial charge is 0.408 e. The first-order valence-corrected chi connectivity index (χ1v) is 16.8. The summed E-state index contributed by atoms with van der Waals surface area (Å²) in [5.74, 6) is -1.53. The lowest BCUT2D eigenvalue weighted by Gasteiger charge is -2.30. The molecule has 3 amide bonds. The average molecular weight is 700 g/mol. The lowest BCUT2D eigenvalue weighted by Crippen LogP contribution is -2.56. The van der Waals surface area contributed by atoms with E-state index >= 15 is 0 Å². The van der Waals surface area contributed by atoms with Crippen LogP contribution in [-0.2, 0) is 23.9 Å². The molecule has 1 unspecified atom stereocenters. The van der Waals surface area contributed by atoms with Crippen LogP contribution in [0.1, 0.15) is 78.7 Å². The molecule has 3 heterocycles. The number of amides is 3. The van der Waals surface area contributed by atoms with Crippen LogP contribution in [0, 0.1) is 5.92 Å². The third-order valence-electron chi connectivity index (χ3n) is 8.55. The molecular weight excluding hydrogens is 656 g/mol. The summed E-state index contributed by atoms with van der Waals surface area (Å²) in [6, 6.07) is 7.30. The monoisotopic (exact) mass is 698 g/mol. The molecule has 13 heteroatoms. The van der Waals surface area contributed by atoms with Crippen LogP contribution < -0.4 is 10.6 Å². The van der Waals surface area contributed by atoms with E-state index in [2.05, 4.69) is 31.7 Å². The molecule has 0 radical (unpaired) electrons. The van der Waals surface area contributed by atoms with E-state index in [4.69, 9.17) is 14.6 Å². The number of carbonyl (C=O) groups is 4. The maximum atomic E-state index is 14.3. The number of hydrogen-bond donors (Lipinski definition) is 2. The van der Waals surface area contributed by atoms with Crippen LogP contribution >= 0.6 is 15.9 Å². The Morgan fingerprint density at radius 2 is 1.89 bits per heavy atom. The number of allylic oxidation sites excluding steroid dienone is 1. The van der Waals surface area contributed by atoms with Crippen molar-refractivity contribution < 1.29 is 28.7 Å². The standard InChI is InChI=1S/C33H43BrN6O6/c1-5-45-30(43)33-19-22(33)16-12-7-6-8-13-17-24(35-31(44)46-32(2,3)4)29(42)39-20-23(18-25(39)28(41)36-33)40-37-26(27(34)38-40)21-14-10-9-11-15-21/h9-12,14-16,22-25H,5-8,13,17-20H2,1-4H3,(H,35,44)(H,36,41)/b16-12-/t22-,23?,24-,25-,33+/m0/s1. The summed E-state index contributed by atoms with van der Waals surface area (Å²) in [5.41, 5.74) is -0.427. The van der Waals surface area contributed by atoms with Crippen molar-refractivity contribution in [3.63, 3.8) is 0 Å². The van der Waals surface area contributed by atoms with Gasteiger partial charge in [-0.15, -0.1) is 5.10 Å². The van der Waals surface area contributed by atoms with Gasteiger partial charge in [0.05, 0.1) is 12.6 Å². The number of nitrogens with one attached hydrogen (secondary N) is 2. The summed E-state index contributed by atoms with van der Waals surface area (Å²) in [6.07, 6.45) is 7.57. The lowest BCUT2D eigenvalue weighted by molar-refractivity contribution is -0.150. The highest BCUT2D eigenvalue weighted by Crippen LogP contribution is 2.46. The second-order valence-electron chi connectivity index (χ2n) is 13.2. The van der Waals surface area contributed by atoms with Crippen LogP contribution in [-0.4, -0.2) is 80.1 Å². The fraction of sp³-hybridized carbons (Fsp3) is 0.576. The molecule has 1 aliphatic carbocycles. The van der Waals surface area contributed by atoms with Gasteiger partial charge in [-0.1, -0.05) is 55.3 Å². The van der Waals surface area contributed by atoms with Crippen molar-refractivity contribution in [3.05, 3.63) is 47.1 Å². The summed E-state index contributed by atoms with van der Waals surface area (Å²) in [6.45, 7) is 7.32. The predicted octanol–water partition coefficient (Wildman–Crippen LogP) is 4.70. The minimum atomic E-state index is -1.18. The van der Waals surface area contributed by atoms with Crippen LogP contribution in [0.25, 0.3) is 11.3 Å². The Hall–Kier alpha value is -3.74. The third-order valence-corrected chi connectivity index (χ3v) is 9.08. The number of nitrogens with zero attached hydrogens (tertiary/aromatic N) is 4. The minimum absolute atomic E-state index is 0.133. The SMILES string of the molecule is CCOC(=O)[C@@]12C[C@@H]1/C=C\CCCCC[C@H](NC(=O)OC(C)(C)C)C(=O)N1CC(n3nc(Br)c(-c4ccccc4)n3)C[C@H]1C(=O)N2. The molecule has 248 valence electrons. The van der Waals surface area contributed by atoms with Gasteiger partial charge in [-0.3, -0.25) is 9.59 Å². The maximum Gasteiger partial charge on any atom is 0.408 e. The first-order chi connectivity index (χ1) is 21.9. The zero-order valence-electron chi connectivity index (χ0n) is 26.8. The number of hydrogen-bond acceptors (Lipinski definition) is 8. The molecule has 5 atom stereocenters. The number of aromatic nitrogens is 3. The second-order valence-corrected chi connectivity index (χ2v) is 13.9. The number of halogens is 1. The Bertz CT molecular complexity index is 1470. The summed E-state index contributed by atoms with van der Waals surface area (Å²) in [5, 5.41) is 15.1. The summed E-state index contributed by atoms with van der Waals surface area (Å²) in [4.78, 5) is 57.5. The van der Waals surface area contributed by atoms with Crippen molar-refractivity contribution in [1.82, 2.24) is 30.5 Å². The normalized spacial score (nSPS) is 27.7. The topological polar surface area (TPSA) is 145 Å². The molecule has 12 nitrogen and oxygen atoms in total. The zero-order valence-corrected chi connectivity index (χ0v) is 28.4. The minimum Gasteiger partial charge on any atom is -0.464 e. The Morgan fingerprint density at radius 1 is 1.13 bits per heavy atom. The fourth-order valence-corrected chi connectivity index (χ4v) is 6.65. The Balaban J connectivity index is 1.47. The van der Waals surface area contributed by atoms with Gasteiger partial charge in [0.15, 0.2) is 4.60 Å². The average Bonchev–Trinajstić information content (AvgIpc) is 3.31. The van der Waals surface area contributed by atoms with Gasteiger partial charge in [0.25, 0.3) is 0 Å². The summed E-state index contributed by atoms with van der Waals surface area (Å²) in [7, 11) is 0. The van der Waals surface area contributed by atoms with E-state index in [1.54, 1.807) is 32.5 Å². The largest absolute Gasteiger partial charge is 0.464 e.